The van der Waals surface area contributed by atoms with Crippen molar-refractivity contribution in [3.05, 3.63) is 71.8 Å². The van der Waals surface area contributed by atoms with Gasteiger partial charge in [-0.1, -0.05) is 74.5 Å². The maximum Gasteiger partial charge on any atom is 0.259 e. The minimum Gasteiger partial charge on any atom is -0.355 e. The molecule has 2 aromatic rings. The molecule has 3 rings (SSSR count). The summed E-state index contributed by atoms with van der Waals surface area (Å²) < 4.78 is 0. The van der Waals surface area contributed by atoms with E-state index in [1.165, 1.54) is 5.56 Å². The molecule has 2 atom stereocenters. The zero-order valence-corrected chi connectivity index (χ0v) is 20.9. The number of benzene rings is 2. The first-order valence-electron chi connectivity index (χ1n) is 12.6. The second kappa shape index (κ2) is 12.5. The maximum absolute atomic E-state index is 13.5. The highest BCUT2D eigenvalue weighted by Crippen LogP contribution is 2.34. The highest BCUT2D eigenvalue weighted by molar-refractivity contribution is 6.08. The first kappa shape index (κ1) is 26.4. The number of amides is 2. The lowest BCUT2D eigenvalue weighted by atomic mass is 9.83. The molecule has 1 aliphatic rings. The first-order valence-corrected chi connectivity index (χ1v) is 12.6. The van der Waals surface area contributed by atoms with E-state index in [1.807, 2.05) is 60.7 Å². The van der Waals surface area contributed by atoms with E-state index in [2.05, 4.69) is 24.5 Å². The fraction of sp³-hybridized carbons (Fsp3) is 0.464. The smallest absolute Gasteiger partial charge is 0.259 e. The van der Waals surface area contributed by atoms with Gasteiger partial charge in [0.1, 0.15) is 5.54 Å². The van der Waals surface area contributed by atoms with Crippen molar-refractivity contribution in [2.75, 3.05) is 13.1 Å². The van der Waals surface area contributed by atoms with Crippen LogP contribution in [0.1, 0.15) is 57.1 Å². The van der Waals surface area contributed by atoms with Gasteiger partial charge in [-0.15, -0.1) is 0 Å². The second-order valence-corrected chi connectivity index (χ2v) is 9.76. The molecule has 35 heavy (non-hydrogen) atoms. The number of carbonyl (C=O) groups is 2. The quantitative estimate of drug-likeness (QED) is 0.331. The summed E-state index contributed by atoms with van der Waals surface area (Å²) >= 11 is 0. The van der Waals surface area contributed by atoms with Crippen LogP contribution in [0.4, 0.5) is 0 Å². The fourth-order valence-electron chi connectivity index (χ4n) is 4.44. The SMILES string of the molecule is CC(C)CCC1(c2ccccc2)NC(=N)N(CCCCNC(=O)[C@@H](N)CCc2ccccc2)C1=O. The van der Waals surface area contributed by atoms with Gasteiger partial charge in [-0.25, -0.2) is 0 Å². The van der Waals surface area contributed by atoms with Crippen LogP contribution < -0.4 is 16.4 Å². The Bertz CT molecular complexity index is 979. The summed E-state index contributed by atoms with van der Waals surface area (Å²) in [6, 6.07) is 19.2. The van der Waals surface area contributed by atoms with Crippen molar-refractivity contribution in [2.45, 2.75) is 64.0 Å². The maximum atomic E-state index is 13.5. The van der Waals surface area contributed by atoms with Crippen molar-refractivity contribution < 1.29 is 9.59 Å². The summed E-state index contributed by atoms with van der Waals surface area (Å²) in [6.07, 6.45) is 4.28. The summed E-state index contributed by atoms with van der Waals surface area (Å²) in [5.74, 6) is 0.386. The van der Waals surface area contributed by atoms with E-state index in [1.54, 1.807) is 4.90 Å². The number of hydrogen-bond acceptors (Lipinski definition) is 4. The molecule has 0 radical (unpaired) electrons. The Morgan fingerprint density at radius 3 is 2.37 bits per heavy atom. The highest BCUT2D eigenvalue weighted by atomic mass is 16.2. The van der Waals surface area contributed by atoms with Gasteiger partial charge in [0.25, 0.3) is 5.91 Å². The van der Waals surface area contributed by atoms with Crippen molar-refractivity contribution in [3.63, 3.8) is 0 Å². The van der Waals surface area contributed by atoms with Crippen LogP contribution in [0.15, 0.2) is 60.7 Å². The number of carbonyl (C=O) groups excluding carboxylic acids is 2. The molecule has 0 aromatic heterocycles. The molecule has 188 valence electrons. The van der Waals surface area contributed by atoms with Crippen LogP contribution in [0.25, 0.3) is 0 Å². The van der Waals surface area contributed by atoms with E-state index >= 15 is 0 Å². The molecule has 0 bridgehead atoms. The van der Waals surface area contributed by atoms with Gasteiger partial charge in [0.2, 0.25) is 5.91 Å². The van der Waals surface area contributed by atoms with Crippen LogP contribution >= 0.6 is 0 Å². The zero-order valence-electron chi connectivity index (χ0n) is 20.9. The Hall–Kier alpha value is -3.19. The molecule has 0 aliphatic carbocycles. The lowest BCUT2D eigenvalue weighted by Gasteiger charge is -2.28. The van der Waals surface area contributed by atoms with E-state index in [0.29, 0.717) is 44.7 Å². The molecule has 0 saturated carbocycles. The monoisotopic (exact) mass is 477 g/mol. The van der Waals surface area contributed by atoms with E-state index in [4.69, 9.17) is 11.1 Å². The Balaban J connectivity index is 1.46. The Morgan fingerprint density at radius 2 is 1.71 bits per heavy atom. The molecule has 1 saturated heterocycles. The Kier molecular flexibility index (Phi) is 9.43. The molecule has 2 amide bonds. The number of nitrogens with zero attached hydrogens (tertiary/aromatic N) is 1. The van der Waals surface area contributed by atoms with Gasteiger partial charge in [0.05, 0.1) is 6.04 Å². The number of rotatable bonds is 13. The van der Waals surface area contributed by atoms with E-state index < -0.39 is 11.6 Å². The van der Waals surface area contributed by atoms with Crippen LogP contribution in [0.2, 0.25) is 0 Å². The molecule has 7 heteroatoms. The molecular weight excluding hydrogens is 438 g/mol. The number of aryl methyl sites for hydroxylation is 1. The van der Waals surface area contributed by atoms with Gasteiger partial charge in [-0.2, -0.15) is 0 Å². The van der Waals surface area contributed by atoms with Gasteiger partial charge >= 0.3 is 0 Å². The summed E-state index contributed by atoms with van der Waals surface area (Å²) in [7, 11) is 0. The minimum absolute atomic E-state index is 0.0682. The summed E-state index contributed by atoms with van der Waals surface area (Å²) in [6.45, 7) is 5.22. The number of nitrogens with one attached hydrogen (secondary N) is 3. The Labute approximate surface area is 209 Å². The van der Waals surface area contributed by atoms with Crippen molar-refractivity contribution >= 4 is 17.8 Å². The largest absolute Gasteiger partial charge is 0.355 e. The van der Waals surface area contributed by atoms with Crippen molar-refractivity contribution in [1.82, 2.24) is 15.5 Å². The molecule has 1 unspecified atom stereocenters. The van der Waals surface area contributed by atoms with E-state index in [9.17, 15) is 9.59 Å². The van der Waals surface area contributed by atoms with Crippen LogP contribution in [-0.2, 0) is 21.5 Å². The molecule has 1 fully saturated rings. The average Bonchev–Trinajstić information content (AvgIpc) is 3.11. The lowest BCUT2D eigenvalue weighted by Crippen LogP contribution is -2.44. The average molecular weight is 478 g/mol. The number of unbranched alkanes of at least 4 members (excludes halogenated alkanes) is 1. The van der Waals surface area contributed by atoms with Gasteiger partial charge in [-0.3, -0.25) is 19.9 Å². The normalized spacial score (nSPS) is 18.6. The third-order valence-electron chi connectivity index (χ3n) is 6.61. The minimum atomic E-state index is -0.887. The standard InChI is InChI=1S/C28H39N5O2/c1-21(2)17-18-28(23-13-7-4-8-14-23)26(35)33(27(30)32-28)20-10-9-19-31-25(34)24(29)16-15-22-11-5-3-6-12-22/h3-8,11-14,21,24H,9-10,15-20,29H2,1-2H3,(H2,30,32)(H,31,34)/t24-,28?/m0/s1. The highest BCUT2D eigenvalue weighted by Gasteiger charge is 2.50. The molecule has 1 aliphatic heterocycles. The van der Waals surface area contributed by atoms with Crippen LogP contribution in [0, 0.1) is 11.3 Å². The van der Waals surface area contributed by atoms with Crippen molar-refractivity contribution in [1.29, 1.82) is 5.41 Å². The molecule has 5 N–H and O–H groups in total. The lowest BCUT2D eigenvalue weighted by molar-refractivity contribution is -0.132. The van der Waals surface area contributed by atoms with Crippen LogP contribution in [0.5, 0.6) is 0 Å². The van der Waals surface area contributed by atoms with E-state index in [-0.39, 0.29) is 17.8 Å². The topological polar surface area (TPSA) is 111 Å². The molecule has 0 spiro atoms. The van der Waals surface area contributed by atoms with Gasteiger partial charge in [0, 0.05) is 13.1 Å². The fourth-order valence-corrected chi connectivity index (χ4v) is 4.44. The van der Waals surface area contributed by atoms with Gasteiger partial charge in [0.15, 0.2) is 5.96 Å². The molecular formula is C28H39N5O2. The molecule has 7 nitrogen and oxygen atoms in total. The predicted molar refractivity (Wildman–Crippen MR) is 140 cm³/mol. The van der Waals surface area contributed by atoms with Crippen molar-refractivity contribution in [3.8, 4) is 0 Å². The number of hydrogen-bond donors (Lipinski definition) is 4. The third-order valence-corrected chi connectivity index (χ3v) is 6.61. The Morgan fingerprint density at radius 1 is 1.06 bits per heavy atom. The van der Waals surface area contributed by atoms with Crippen molar-refractivity contribution in [2.24, 2.45) is 11.7 Å². The molecule has 2 aromatic carbocycles. The summed E-state index contributed by atoms with van der Waals surface area (Å²) in [5, 5.41) is 14.6. The van der Waals surface area contributed by atoms with Crippen LogP contribution in [0.3, 0.4) is 0 Å². The van der Waals surface area contributed by atoms with E-state index in [0.717, 1.165) is 18.4 Å². The number of guanidine groups is 1. The summed E-state index contributed by atoms with van der Waals surface area (Å²) in [4.78, 5) is 27.4. The van der Waals surface area contributed by atoms with Gasteiger partial charge < -0.3 is 16.4 Å². The first-order chi connectivity index (χ1) is 16.8. The molecule has 1 heterocycles. The number of nitrogens with two attached hydrogens (primary N) is 1. The van der Waals surface area contributed by atoms with Gasteiger partial charge in [-0.05, 0) is 55.6 Å². The second-order valence-electron chi connectivity index (χ2n) is 9.76. The third kappa shape index (κ3) is 6.92. The predicted octanol–water partition coefficient (Wildman–Crippen LogP) is 3.54. The van der Waals surface area contributed by atoms with Crippen LogP contribution in [-0.4, -0.2) is 41.8 Å². The summed E-state index contributed by atoms with van der Waals surface area (Å²) in [5.41, 5.74) is 7.23. The zero-order chi connectivity index (χ0) is 25.3.